The molecule has 1 saturated carbocycles. The highest BCUT2D eigenvalue weighted by molar-refractivity contribution is 5.65. The van der Waals surface area contributed by atoms with Crippen molar-refractivity contribution in [1.82, 2.24) is 9.80 Å². The lowest BCUT2D eigenvalue weighted by Crippen LogP contribution is -2.49. The standard InChI is InChI=1S/C18H27N3O2/c1-13(19)15-4-6-16(7-5-15)17(12-14-2-3-14)20-8-10-21(11-9-20)18(22)23/h4-7,13-14,17H,2-3,8-12,19H2,1H3,(H,22,23). The van der Waals surface area contributed by atoms with E-state index in [-0.39, 0.29) is 6.04 Å². The van der Waals surface area contributed by atoms with E-state index in [9.17, 15) is 4.79 Å². The predicted molar refractivity (Wildman–Crippen MR) is 90.3 cm³/mol. The number of hydrogen-bond donors (Lipinski definition) is 2. The second-order valence-electron chi connectivity index (χ2n) is 6.96. The van der Waals surface area contributed by atoms with E-state index in [4.69, 9.17) is 10.8 Å². The van der Waals surface area contributed by atoms with Crippen LogP contribution in [0.15, 0.2) is 24.3 Å². The van der Waals surface area contributed by atoms with Crippen LogP contribution in [-0.4, -0.2) is 47.2 Å². The highest BCUT2D eigenvalue weighted by Crippen LogP contribution is 2.40. The van der Waals surface area contributed by atoms with Gasteiger partial charge in [-0.2, -0.15) is 0 Å². The Morgan fingerprint density at radius 1 is 1.17 bits per heavy atom. The fourth-order valence-corrected chi connectivity index (χ4v) is 3.41. The maximum atomic E-state index is 11.1. The summed E-state index contributed by atoms with van der Waals surface area (Å²) in [6, 6.07) is 9.14. The van der Waals surface area contributed by atoms with Crippen molar-refractivity contribution in [3.8, 4) is 0 Å². The average molecular weight is 317 g/mol. The lowest BCUT2D eigenvalue weighted by Gasteiger charge is -2.38. The molecule has 1 aromatic carbocycles. The smallest absolute Gasteiger partial charge is 0.407 e. The zero-order chi connectivity index (χ0) is 16.4. The van der Waals surface area contributed by atoms with Crippen LogP contribution in [0.3, 0.4) is 0 Å². The monoisotopic (exact) mass is 317 g/mol. The first-order chi connectivity index (χ1) is 11.0. The van der Waals surface area contributed by atoms with Crippen LogP contribution < -0.4 is 5.73 Å². The Morgan fingerprint density at radius 3 is 2.22 bits per heavy atom. The minimum atomic E-state index is -0.801. The third-order valence-corrected chi connectivity index (χ3v) is 5.13. The molecule has 0 aromatic heterocycles. The van der Waals surface area contributed by atoms with E-state index in [1.807, 2.05) is 6.92 Å². The summed E-state index contributed by atoms with van der Waals surface area (Å²) in [5.74, 6) is 0.839. The van der Waals surface area contributed by atoms with Crippen LogP contribution in [0.25, 0.3) is 0 Å². The van der Waals surface area contributed by atoms with Crippen molar-refractivity contribution in [1.29, 1.82) is 0 Å². The summed E-state index contributed by atoms with van der Waals surface area (Å²) >= 11 is 0. The predicted octanol–water partition coefficient (Wildman–Crippen LogP) is 2.84. The molecule has 1 aromatic rings. The molecule has 5 heteroatoms. The molecule has 0 radical (unpaired) electrons. The van der Waals surface area contributed by atoms with Gasteiger partial charge in [-0.1, -0.05) is 37.1 Å². The van der Waals surface area contributed by atoms with Gasteiger partial charge < -0.3 is 15.7 Å². The van der Waals surface area contributed by atoms with Crippen LogP contribution in [0.1, 0.15) is 49.4 Å². The lowest BCUT2D eigenvalue weighted by molar-refractivity contribution is 0.0805. The normalized spacial score (nSPS) is 21.9. The van der Waals surface area contributed by atoms with Crippen molar-refractivity contribution < 1.29 is 9.90 Å². The molecule has 3 rings (SSSR count). The average Bonchev–Trinajstić information content (AvgIpc) is 3.37. The summed E-state index contributed by atoms with van der Waals surface area (Å²) in [4.78, 5) is 15.1. The Balaban J connectivity index is 1.71. The molecular weight excluding hydrogens is 290 g/mol. The third kappa shape index (κ3) is 4.03. The number of rotatable bonds is 5. The topological polar surface area (TPSA) is 69.8 Å². The van der Waals surface area contributed by atoms with Gasteiger partial charge in [-0.25, -0.2) is 4.79 Å². The van der Waals surface area contributed by atoms with Gasteiger partial charge >= 0.3 is 6.09 Å². The summed E-state index contributed by atoms with van der Waals surface area (Å²) in [6.07, 6.45) is 3.06. The van der Waals surface area contributed by atoms with Gasteiger partial charge in [0.1, 0.15) is 0 Å². The summed E-state index contributed by atoms with van der Waals surface area (Å²) in [7, 11) is 0. The van der Waals surface area contributed by atoms with Crippen molar-refractivity contribution in [3.63, 3.8) is 0 Å². The quantitative estimate of drug-likeness (QED) is 0.876. The van der Waals surface area contributed by atoms with Crippen molar-refractivity contribution in [2.24, 2.45) is 11.7 Å². The molecule has 0 spiro atoms. The van der Waals surface area contributed by atoms with Gasteiger partial charge in [0.25, 0.3) is 0 Å². The zero-order valence-electron chi connectivity index (χ0n) is 13.8. The van der Waals surface area contributed by atoms with Crippen LogP contribution in [0.5, 0.6) is 0 Å². The number of benzene rings is 1. The Kier molecular flexibility index (Phi) is 4.87. The number of carbonyl (C=O) groups is 1. The van der Waals surface area contributed by atoms with Gasteiger partial charge in [0, 0.05) is 38.3 Å². The van der Waals surface area contributed by atoms with E-state index in [0.717, 1.165) is 24.6 Å². The fourth-order valence-electron chi connectivity index (χ4n) is 3.41. The first-order valence-electron chi connectivity index (χ1n) is 8.62. The SMILES string of the molecule is CC(N)c1ccc(C(CC2CC2)N2CCN(C(=O)O)CC2)cc1. The Hall–Kier alpha value is -1.59. The number of nitrogens with zero attached hydrogens (tertiary/aromatic N) is 2. The number of carboxylic acid groups (broad SMARTS) is 1. The van der Waals surface area contributed by atoms with Gasteiger partial charge in [0.05, 0.1) is 0 Å². The first kappa shape index (κ1) is 16.3. The molecule has 0 bridgehead atoms. The van der Waals surface area contributed by atoms with Crippen molar-refractivity contribution >= 4 is 6.09 Å². The van der Waals surface area contributed by atoms with Gasteiger partial charge in [-0.15, -0.1) is 0 Å². The Morgan fingerprint density at radius 2 is 1.74 bits per heavy atom. The van der Waals surface area contributed by atoms with Gasteiger partial charge in [0.2, 0.25) is 0 Å². The van der Waals surface area contributed by atoms with E-state index in [0.29, 0.717) is 19.1 Å². The molecule has 2 atom stereocenters. The van der Waals surface area contributed by atoms with Gasteiger partial charge in [0.15, 0.2) is 0 Å². The number of nitrogens with two attached hydrogens (primary N) is 1. The molecule has 1 aliphatic carbocycles. The minimum absolute atomic E-state index is 0.0602. The van der Waals surface area contributed by atoms with E-state index in [1.54, 1.807) is 0 Å². The minimum Gasteiger partial charge on any atom is -0.465 e. The van der Waals surface area contributed by atoms with Crippen LogP contribution in [0, 0.1) is 5.92 Å². The zero-order valence-corrected chi connectivity index (χ0v) is 13.8. The molecule has 1 amide bonds. The summed E-state index contributed by atoms with van der Waals surface area (Å²) < 4.78 is 0. The highest BCUT2D eigenvalue weighted by atomic mass is 16.4. The molecule has 23 heavy (non-hydrogen) atoms. The first-order valence-corrected chi connectivity index (χ1v) is 8.62. The van der Waals surface area contributed by atoms with Crippen LogP contribution in [0.4, 0.5) is 4.79 Å². The van der Waals surface area contributed by atoms with Crippen molar-refractivity contribution in [2.45, 2.75) is 38.3 Å². The van der Waals surface area contributed by atoms with Crippen LogP contribution in [0.2, 0.25) is 0 Å². The number of hydrogen-bond acceptors (Lipinski definition) is 3. The molecule has 126 valence electrons. The second-order valence-corrected chi connectivity index (χ2v) is 6.96. The third-order valence-electron chi connectivity index (χ3n) is 5.13. The summed E-state index contributed by atoms with van der Waals surface area (Å²) in [5, 5.41) is 9.11. The molecule has 5 nitrogen and oxygen atoms in total. The molecule has 2 unspecified atom stereocenters. The van der Waals surface area contributed by atoms with E-state index >= 15 is 0 Å². The fraction of sp³-hybridized carbons (Fsp3) is 0.611. The number of piperazine rings is 1. The molecule has 1 saturated heterocycles. The van der Waals surface area contributed by atoms with Crippen LogP contribution in [-0.2, 0) is 0 Å². The molecule has 1 aliphatic heterocycles. The molecule has 1 heterocycles. The molecule has 3 N–H and O–H groups in total. The second kappa shape index (κ2) is 6.89. The van der Waals surface area contributed by atoms with E-state index < -0.39 is 6.09 Å². The van der Waals surface area contributed by atoms with Gasteiger partial charge in [-0.05, 0) is 30.4 Å². The maximum absolute atomic E-state index is 11.1. The summed E-state index contributed by atoms with van der Waals surface area (Å²) in [5.41, 5.74) is 8.45. The lowest BCUT2D eigenvalue weighted by atomic mass is 9.96. The van der Waals surface area contributed by atoms with Crippen LogP contribution >= 0.6 is 0 Å². The molecule has 2 aliphatic rings. The highest BCUT2D eigenvalue weighted by Gasteiger charge is 2.32. The van der Waals surface area contributed by atoms with Crippen molar-refractivity contribution in [3.05, 3.63) is 35.4 Å². The maximum Gasteiger partial charge on any atom is 0.407 e. The Bertz CT molecular complexity index is 532. The van der Waals surface area contributed by atoms with E-state index in [2.05, 4.69) is 29.2 Å². The van der Waals surface area contributed by atoms with Gasteiger partial charge in [-0.3, -0.25) is 4.90 Å². The van der Waals surface area contributed by atoms with E-state index in [1.165, 1.54) is 29.7 Å². The molecule has 2 fully saturated rings. The largest absolute Gasteiger partial charge is 0.465 e. The Labute approximate surface area is 138 Å². The summed E-state index contributed by atoms with van der Waals surface area (Å²) in [6.45, 7) is 4.85. The number of amides is 1. The molecular formula is C18H27N3O2. The van der Waals surface area contributed by atoms with Crippen molar-refractivity contribution in [2.75, 3.05) is 26.2 Å².